The van der Waals surface area contributed by atoms with Crippen LogP contribution in [0.2, 0.25) is 0 Å². The Hall–Kier alpha value is -3.65. The van der Waals surface area contributed by atoms with E-state index in [0.717, 1.165) is 0 Å². The molecular formula is C27H32O5. The molecule has 0 amide bonds. The Kier molecular flexibility index (Phi) is 9.62. The summed E-state index contributed by atoms with van der Waals surface area (Å²) in [6, 6.07) is 9.39. The normalized spacial score (nSPS) is 14.2. The maximum absolute atomic E-state index is 12.4. The minimum atomic E-state index is -1.17. The molecule has 1 spiro atoms. The minimum absolute atomic E-state index is 0.0371. The lowest BCUT2D eigenvalue weighted by Crippen LogP contribution is -2.33. The molecule has 2 aliphatic heterocycles. The molecule has 5 heteroatoms. The quantitative estimate of drug-likeness (QED) is 0.390. The Labute approximate surface area is 191 Å². The highest BCUT2D eigenvalue weighted by atomic mass is 16.6. The topological polar surface area (TPSA) is 76.0 Å². The van der Waals surface area contributed by atoms with Gasteiger partial charge in [-0.3, -0.25) is 0 Å². The van der Waals surface area contributed by atoms with Gasteiger partial charge in [0.1, 0.15) is 23.0 Å². The van der Waals surface area contributed by atoms with E-state index in [-0.39, 0.29) is 11.5 Å². The molecular weight excluding hydrogens is 404 g/mol. The number of carbonyl (C=O) groups is 1. The number of hydrogen-bond acceptors (Lipinski definition) is 5. The molecule has 0 bridgehead atoms. The van der Waals surface area contributed by atoms with Crippen LogP contribution in [0.25, 0.3) is 0 Å². The fourth-order valence-corrected chi connectivity index (χ4v) is 3.49. The summed E-state index contributed by atoms with van der Waals surface area (Å²) >= 11 is 0. The van der Waals surface area contributed by atoms with Gasteiger partial charge in [-0.15, -0.1) is 12.3 Å². The monoisotopic (exact) mass is 436 g/mol. The third kappa shape index (κ3) is 4.65. The molecule has 2 aliphatic rings. The number of rotatable bonds is 1. The smallest absolute Gasteiger partial charge is 0.335 e. The summed E-state index contributed by atoms with van der Waals surface area (Å²) in [6.07, 6.45) is 8.29. The number of fused-ring (bicyclic) bond motifs is 4. The Bertz CT molecular complexity index is 1000. The summed E-state index contributed by atoms with van der Waals surface area (Å²) in [7, 11) is 0. The Morgan fingerprint density at radius 1 is 0.969 bits per heavy atom. The number of benzene rings is 2. The standard InChI is InChI=1S/C20H16O5.C3H4.2C2H6/c1-3-4-14-11(2)19(23)25-20(14)15-7-5-12(21)9-17(15)24-18-10-13(22)6-8-16(18)20;1-3-2;2*1-2/h3-10,21-22H,1-2H3;1H,2H3;2*1-2H3/b4-3-;;;. The van der Waals surface area contributed by atoms with E-state index < -0.39 is 11.6 Å². The lowest BCUT2D eigenvalue weighted by Gasteiger charge is -2.37. The molecule has 0 saturated carbocycles. The van der Waals surface area contributed by atoms with Crippen molar-refractivity contribution in [3.8, 4) is 35.3 Å². The molecule has 32 heavy (non-hydrogen) atoms. The van der Waals surface area contributed by atoms with Gasteiger partial charge in [0.25, 0.3) is 0 Å². The highest BCUT2D eigenvalue weighted by Gasteiger charge is 2.53. The molecule has 0 atom stereocenters. The number of carbonyl (C=O) groups excluding carboxylic acids is 1. The van der Waals surface area contributed by atoms with Gasteiger partial charge in [-0.05, 0) is 45.0 Å². The SMILES string of the molecule is C#CC.C/C=C\C1=C(C)C(=O)OC12c1ccc(O)cc1Oc1cc(O)ccc12.CC.CC. The van der Waals surface area contributed by atoms with Crippen LogP contribution in [-0.4, -0.2) is 16.2 Å². The molecule has 2 aromatic rings. The molecule has 0 aliphatic carbocycles. The third-order valence-electron chi connectivity index (χ3n) is 4.58. The summed E-state index contributed by atoms with van der Waals surface area (Å²) in [5.41, 5.74) is 1.31. The number of allylic oxidation sites excluding steroid dienone is 1. The highest BCUT2D eigenvalue weighted by molar-refractivity contribution is 5.95. The first-order valence-corrected chi connectivity index (χ1v) is 10.7. The molecule has 5 nitrogen and oxygen atoms in total. The van der Waals surface area contributed by atoms with E-state index in [1.165, 1.54) is 24.3 Å². The molecule has 0 aromatic heterocycles. The van der Waals surface area contributed by atoms with Gasteiger partial charge in [-0.25, -0.2) is 4.79 Å². The average Bonchev–Trinajstić information content (AvgIpc) is 3.02. The van der Waals surface area contributed by atoms with Crippen molar-refractivity contribution >= 4 is 5.97 Å². The number of phenolic OH excluding ortho intramolecular Hbond substituents is 2. The van der Waals surface area contributed by atoms with E-state index in [1.54, 1.807) is 26.0 Å². The van der Waals surface area contributed by atoms with E-state index in [1.807, 2.05) is 46.8 Å². The highest BCUT2D eigenvalue weighted by Crippen LogP contribution is 2.57. The first kappa shape index (κ1) is 26.4. The second kappa shape index (κ2) is 11.7. The van der Waals surface area contributed by atoms with Crippen LogP contribution in [0.4, 0.5) is 0 Å². The molecule has 0 unspecified atom stereocenters. The third-order valence-corrected chi connectivity index (χ3v) is 4.58. The molecule has 0 radical (unpaired) electrons. The van der Waals surface area contributed by atoms with Crippen molar-refractivity contribution in [3.63, 3.8) is 0 Å². The first-order valence-electron chi connectivity index (χ1n) is 10.7. The van der Waals surface area contributed by atoms with Crippen molar-refractivity contribution in [2.45, 2.75) is 54.1 Å². The van der Waals surface area contributed by atoms with Crippen LogP contribution in [-0.2, 0) is 15.1 Å². The molecule has 170 valence electrons. The van der Waals surface area contributed by atoms with Crippen molar-refractivity contribution in [3.05, 3.63) is 70.8 Å². The second-order valence-corrected chi connectivity index (χ2v) is 6.36. The van der Waals surface area contributed by atoms with Crippen LogP contribution < -0.4 is 4.74 Å². The first-order chi connectivity index (χ1) is 15.4. The van der Waals surface area contributed by atoms with E-state index >= 15 is 0 Å². The van der Waals surface area contributed by atoms with Gasteiger partial charge in [-0.2, -0.15) is 0 Å². The number of ether oxygens (including phenoxy) is 2. The van der Waals surface area contributed by atoms with E-state index in [2.05, 4.69) is 12.3 Å². The van der Waals surface area contributed by atoms with Crippen LogP contribution >= 0.6 is 0 Å². The predicted octanol–water partition coefficient (Wildman–Crippen LogP) is 6.59. The Balaban J connectivity index is 0.000000662. The molecule has 0 saturated heterocycles. The summed E-state index contributed by atoms with van der Waals surface area (Å²) in [5.74, 6) is 2.67. The van der Waals surface area contributed by atoms with Crippen molar-refractivity contribution in [1.82, 2.24) is 0 Å². The van der Waals surface area contributed by atoms with Gasteiger partial charge in [-0.1, -0.05) is 39.8 Å². The lowest BCUT2D eigenvalue weighted by molar-refractivity contribution is -0.145. The van der Waals surface area contributed by atoms with E-state index in [4.69, 9.17) is 9.47 Å². The maximum atomic E-state index is 12.4. The summed E-state index contributed by atoms with van der Waals surface area (Å²) in [4.78, 5) is 12.4. The van der Waals surface area contributed by atoms with E-state index in [9.17, 15) is 15.0 Å². The van der Waals surface area contributed by atoms with Crippen molar-refractivity contribution < 1.29 is 24.5 Å². The summed E-state index contributed by atoms with van der Waals surface area (Å²) in [6.45, 7) is 13.2. The molecule has 2 N–H and O–H groups in total. The number of phenols is 2. The van der Waals surface area contributed by atoms with Crippen LogP contribution in [0.5, 0.6) is 23.0 Å². The fourth-order valence-electron chi connectivity index (χ4n) is 3.49. The lowest BCUT2D eigenvalue weighted by atomic mass is 9.77. The van der Waals surface area contributed by atoms with Crippen LogP contribution in [0.1, 0.15) is 59.6 Å². The zero-order valence-electron chi connectivity index (χ0n) is 19.8. The zero-order chi connectivity index (χ0) is 24.5. The molecule has 2 heterocycles. The van der Waals surface area contributed by atoms with E-state index in [0.29, 0.717) is 33.8 Å². The van der Waals surface area contributed by atoms with Crippen LogP contribution in [0.3, 0.4) is 0 Å². The molecule has 2 aromatic carbocycles. The van der Waals surface area contributed by atoms with Gasteiger partial charge in [0.05, 0.1) is 0 Å². The Morgan fingerprint density at radius 3 is 1.81 bits per heavy atom. The number of hydrogen-bond donors (Lipinski definition) is 2. The largest absolute Gasteiger partial charge is 0.508 e. The van der Waals surface area contributed by atoms with Gasteiger partial charge < -0.3 is 19.7 Å². The summed E-state index contributed by atoms with van der Waals surface area (Å²) < 4.78 is 11.8. The van der Waals surface area contributed by atoms with Crippen molar-refractivity contribution in [2.24, 2.45) is 0 Å². The zero-order valence-corrected chi connectivity index (χ0v) is 19.8. The van der Waals surface area contributed by atoms with Gasteiger partial charge >= 0.3 is 5.97 Å². The number of esters is 1. The van der Waals surface area contributed by atoms with Crippen LogP contribution in [0, 0.1) is 12.3 Å². The number of terminal acetylenes is 1. The van der Waals surface area contributed by atoms with Crippen LogP contribution in [0.15, 0.2) is 59.7 Å². The molecule has 4 rings (SSSR count). The van der Waals surface area contributed by atoms with Crippen molar-refractivity contribution in [2.75, 3.05) is 0 Å². The Morgan fingerprint density at radius 2 is 1.41 bits per heavy atom. The summed E-state index contributed by atoms with van der Waals surface area (Å²) in [5, 5.41) is 19.7. The number of aromatic hydroxyl groups is 2. The second-order valence-electron chi connectivity index (χ2n) is 6.36. The average molecular weight is 437 g/mol. The fraction of sp³-hybridized carbons (Fsp3) is 0.296. The minimum Gasteiger partial charge on any atom is -0.508 e. The van der Waals surface area contributed by atoms with Crippen molar-refractivity contribution in [1.29, 1.82) is 0 Å². The predicted molar refractivity (Wildman–Crippen MR) is 128 cm³/mol. The maximum Gasteiger partial charge on any atom is 0.335 e. The van der Waals surface area contributed by atoms with Gasteiger partial charge in [0.2, 0.25) is 0 Å². The van der Waals surface area contributed by atoms with Gasteiger partial charge in [0.15, 0.2) is 5.60 Å². The molecule has 0 fully saturated rings. The van der Waals surface area contributed by atoms with Gasteiger partial charge in [0, 0.05) is 34.4 Å².